The zero-order valence-electron chi connectivity index (χ0n) is 18.5. The van der Waals surface area contributed by atoms with Gasteiger partial charge in [-0.1, -0.05) is 18.2 Å². The molecular formula is C25H27ClO6. The lowest BCUT2D eigenvalue weighted by Gasteiger charge is -2.32. The summed E-state index contributed by atoms with van der Waals surface area (Å²) in [5.41, 5.74) is 2.34. The van der Waals surface area contributed by atoms with Crippen LogP contribution < -0.4 is 10.2 Å². The van der Waals surface area contributed by atoms with Gasteiger partial charge in [-0.2, -0.15) is 0 Å². The monoisotopic (exact) mass is 458 g/mol. The Balaban J connectivity index is 2.05. The number of ether oxygens (including phenoxy) is 1. The molecule has 1 aliphatic heterocycles. The van der Waals surface area contributed by atoms with E-state index in [2.05, 4.69) is 6.58 Å². The molecule has 170 valence electrons. The molecule has 0 radical (unpaired) electrons. The second-order valence-corrected chi connectivity index (χ2v) is 10.2. The first-order valence-corrected chi connectivity index (χ1v) is 10.9. The number of benzene rings is 2. The molecule has 1 aliphatic rings. The van der Waals surface area contributed by atoms with Crippen molar-refractivity contribution in [2.24, 2.45) is 5.92 Å². The van der Waals surface area contributed by atoms with Crippen LogP contribution in [0.2, 0.25) is 0 Å². The van der Waals surface area contributed by atoms with Crippen molar-refractivity contribution in [3.8, 4) is 11.5 Å². The molecule has 0 spiro atoms. The molecule has 0 aliphatic carbocycles. The predicted molar refractivity (Wildman–Crippen MR) is 125 cm³/mol. The Labute approximate surface area is 190 Å². The lowest BCUT2D eigenvalue weighted by atomic mass is 9.85. The minimum atomic E-state index is -0.997. The molecule has 3 N–H and O–H groups in total. The van der Waals surface area contributed by atoms with E-state index in [0.29, 0.717) is 16.9 Å². The van der Waals surface area contributed by atoms with Gasteiger partial charge in [-0.3, -0.25) is 4.79 Å². The van der Waals surface area contributed by atoms with E-state index < -0.39 is 22.5 Å². The summed E-state index contributed by atoms with van der Waals surface area (Å²) < 4.78 is 12.0. The number of hydrogen-bond donors (Lipinski definition) is 3. The minimum Gasteiger partial charge on any atom is -0.507 e. The smallest absolute Gasteiger partial charge is 0.204 e. The Bertz CT molecular complexity index is 1300. The fraction of sp³-hybridized carbons (Fsp3) is 0.400. The molecule has 0 fully saturated rings. The zero-order chi connectivity index (χ0) is 23.5. The summed E-state index contributed by atoms with van der Waals surface area (Å²) in [5, 5.41) is 32.3. The molecule has 0 saturated heterocycles. The van der Waals surface area contributed by atoms with Crippen molar-refractivity contribution in [2.75, 3.05) is 6.61 Å². The number of rotatable bonds is 4. The van der Waals surface area contributed by atoms with E-state index in [9.17, 15) is 20.1 Å². The fourth-order valence-electron chi connectivity index (χ4n) is 4.26. The molecule has 3 aromatic rings. The van der Waals surface area contributed by atoms with Crippen molar-refractivity contribution in [1.82, 2.24) is 0 Å². The van der Waals surface area contributed by atoms with Gasteiger partial charge in [-0.15, -0.1) is 11.6 Å². The van der Waals surface area contributed by atoms with Crippen LogP contribution in [0.1, 0.15) is 43.6 Å². The van der Waals surface area contributed by atoms with E-state index in [0.717, 1.165) is 11.1 Å². The third-order valence-corrected chi connectivity index (χ3v) is 6.52. The molecule has 3 atom stereocenters. The first kappa shape index (κ1) is 22.6. The maximum absolute atomic E-state index is 13.7. The first-order valence-electron chi connectivity index (χ1n) is 10.5. The second-order valence-electron chi connectivity index (χ2n) is 9.18. The molecule has 2 heterocycles. The number of hydrogen-bond acceptors (Lipinski definition) is 6. The predicted octanol–water partition coefficient (Wildman–Crippen LogP) is 4.50. The molecule has 32 heavy (non-hydrogen) atoms. The van der Waals surface area contributed by atoms with Crippen molar-refractivity contribution < 1.29 is 24.5 Å². The maximum atomic E-state index is 13.7. The summed E-state index contributed by atoms with van der Waals surface area (Å²) in [6, 6.07) is 4.70. The SMILES string of the molecule is C=C(C)[C@H]1COc2c(C)cc3oc4c(CC(O)C(C)(C)Cl)ccc(O)c4c(=O)c3c2[C@@H]1O. The van der Waals surface area contributed by atoms with Crippen LogP contribution >= 0.6 is 11.6 Å². The van der Waals surface area contributed by atoms with E-state index >= 15 is 0 Å². The topological polar surface area (TPSA) is 100 Å². The van der Waals surface area contributed by atoms with Gasteiger partial charge in [0.05, 0.1) is 29.1 Å². The van der Waals surface area contributed by atoms with Crippen LogP contribution in [-0.4, -0.2) is 32.9 Å². The number of halogens is 1. The van der Waals surface area contributed by atoms with Gasteiger partial charge in [-0.25, -0.2) is 0 Å². The number of aryl methyl sites for hydroxylation is 1. The van der Waals surface area contributed by atoms with Crippen molar-refractivity contribution in [3.63, 3.8) is 0 Å². The summed E-state index contributed by atoms with van der Waals surface area (Å²) in [5.74, 6) is -0.163. The van der Waals surface area contributed by atoms with Crippen LogP contribution in [0, 0.1) is 12.8 Å². The number of aliphatic hydroxyl groups excluding tert-OH is 2. The lowest BCUT2D eigenvalue weighted by molar-refractivity contribution is 0.0701. The van der Waals surface area contributed by atoms with E-state index in [1.165, 1.54) is 6.07 Å². The molecule has 1 unspecified atom stereocenters. The minimum absolute atomic E-state index is 0.00900. The largest absolute Gasteiger partial charge is 0.507 e. The van der Waals surface area contributed by atoms with Gasteiger partial charge in [0.25, 0.3) is 0 Å². The van der Waals surface area contributed by atoms with Crippen LogP contribution in [0.3, 0.4) is 0 Å². The lowest BCUT2D eigenvalue weighted by Crippen LogP contribution is -2.32. The number of fused-ring (bicyclic) bond motifs is 4. The summed E-state index contributed by atoms with van der Waals surface area (Å²) in [6.45, 7) is 11.2. The summed E-state index contributed by atoms with van der Waals surface area (Å²) >= 11 is 6.26. The normalized spacial score (nSPS) is 19.6. The van der Waals surface area contributed by atoms with Gasteiger partial charge >= 0.3 is 0 Å². The van der Waals surface area contributed by atoms with Crippen LogP contribution in [-0.2, 0) is 6.42 Å². The summed E-state index contributed by atoms with van der Waals surface area (Å²) in [7, 11) is 0. The van der Waals surface area contributed by atoms with Gasteiger partial charge in [0.1, 0.15) is 28.1 Å². The molecule has 0 bridgehead atoms. The quantitative estimate of drug-likeness (QED) is 0.302. The van der Waals surface area contributed by atoms with Gasteiger partial charge in [0.2, 0.25) is 5.43 Å². The number of aromatic hydroxyl groups is 1. The van der Waals surface area contributed by atoms with Gasteiger partial charge in [0.15, 0.2) is 0 Å². The van der Waals surface area contributed by atoms with E-state index in [1.807, 2.05) is 6.92 Å². The fourth-order valence-corrected chi connectivity index (χ4v) is 4.33. The van der Waals surface area contributed by atoms with Crippen LogP contribution in [0.15, 0.2) is 39.6 Å². The third kappa shape index (κ3) is 3.56. The number of phenolic OH excluding ortho intramolecular Hbond substituents is 1. The van der Waals surface area contributed by atoms with Crippen molar-refractivity contribution in [2.45, 2.75) is 51.2 Å². The standard InChI is InChI=1S/C25H27ClO6/c1-11(2)14-10-31-23-12(3)8-16-19(20(23)21(14)29)22(30)18-15(27)7-6-13(24(18)32-16)9-17(28)25(4,5)26/h6-8,14,17,21,27-29H,1,9-10H2,2-5H3/t14-,17?,21-/m1/s1. The number of aliphatic hydroxyl groups is 2. The Hall–Kier alpha value is -2.54. The van der Waals surface area contributed by atoms with Crippen LogP contribution in [0.25, 0.3) is 21.9 Å². The molecule has 0 amide bonds. The van der Waals surface area contributed by atoms with Gasteiger partial charge in [0, 0.05) is 17.9 Å². The van der Waals surface area contributed by atoms with E-state index in [-0.39, 0.29) is 46.6 Å². The summed E-state index contributed by atoms with van der Waals surface area (Å²) in [4.78, 5) is 12.8. The van der Waals surface area contributed by atoms with Gasteiger partial charge < -0.3 is 24.5 Å². The highest BCUT2D eigenvalue weighted by Gasteiger charge is 2.35. The highest BCUT2D eigenvalue weighted by Crippen LogP contribution is 2.44. The van der Waals surface area contributed by atoms with Crippen LogP contribution in [0.4, 0.5) is 0 Å². The van der Waals surface area contributed by atoms with Gasteiger partial charge in [-0.05, 0) is 51.0 Å². The molecular weight excluding hydrogens is 432 g/mol. The maximum Gasteiger partial charge on any atom is 0.204 e. The molecule has 0 saturated carbocycles. The average Bonchev–Trinajstić information content (AvgIpc) is 2.69. The number of phenols is 1. The van der Waals surface area contributed by atoms with Crippen molar-refractivity contribution >= 4 is 33.5 Å². The first-order chi connectivity index (χ1) is 14.9. The number of alkyl halides is 1. The Morgan fingerprint density at radius 2 is 2.03 bits per heavy atom. The highest BCUT2D eigenvalue weighted by atomic mass is 35.5. The Kier molecular flexibility index (Phi) is 5.52. The van der Waals surface area contributed by atoms with E-state index in [4.69, 9.17) is 20.8 Å². The molecule has 4 rings (SSSR count). The Morgan fingerprint density at radius 1 is 1.34 bits per heavy atom. The van der Waals surface area contributed by atoms with Crippen molar-refractivity contribution in [3.05, 3.63) is 57.3 Å². The molecule has 2 aromatic carbocycles. The molecule has 6 nitrogen and oxygen atoms in total. The third-order valence-electron chi connectivity index (χ3n) is 6.27. The summed E-state index contributed by atoms with van der Waals surface area (Å²) in [6.07, 6.45) is -1.77. The second kappa shape index (κ2) is 7.80. The zero-order valence-corrected chi connectivity index (χ0v) is 19.3. The Morgan fingerprint density at radius 3 is 2.66 bits per heavy atom. The molecule has 1 aromatic heterocycles. The molecule has 7 heteroatoms. The van der Waals surface area contributed by atoms with E-state index in [1.54, 1.807) is 32.9 Å². The van der Waals surface area contributed by atoms with Crippen molar-refractivity contribution in [1.29, 1.82) is 0 Å². The van der Waals surface area contributed by atoms with Crippen LogP contribution in [0.5, 0.6) is 11.5 Å². The average molecular weight is 459 g/mol. The highest BCUT2D eigenvalue weighted by molar-refractivity contribution is 6.23.